The molecule has 8 aromatic rings. The molecule has 0 saturated carbocycles. The summed E-state index contributed by atoms with van der Waals surface area (Å²) in [5, 5.41) is 0. The third kappa shape index (κ3) is 6.61. The van der Waals surface area contributed by atoms with E-state index in [1.807, 2.05) is 0 Å². The molecule has 0 amide bonds. The van der Waals surface area contributed by atoms with Crippen LogP contribution in [0.1, 0.15) is 61.1 Å². The second-order valence-electron chi connectivity index (χ2n) is 18.4. The Bertz CT molecular complexity index is 3270. The molecular formula is C65H53N. The van der Waals surface area contributed by atoms with Gasteiger partial charge in [-0.05, 0) is 121 Å². The summed E-state index contributed by atoms with van der Waals surface area (Å²) >= 11 is 0. The van der Waals surface area contributed by atoms with Crippen molar-refractivity contribution in [2.45, 2.75) is 38.5 Å². The highest BCUT2D eigenvalue weighted by atomic mass is 15.1. The largest absolute Gasteiger partial charge is 0.310 e. The second kappa shape index (κ2) is 16.7. The Hall–Kier alpha value is -7.74. The van der Waals surface area contributed by atoms with Crippen LogP contribution in [-0.4, -0.2) is 0 Å². The molecule has 0 aromatic heterocycles. The smallest absolute Gasteiger partial charge is 0.0714 e. The summed E-state index contributed by atoms with van der Waals surface area (Å²) in [6.45, 7) is 9.14. The summed E-state index contributed by atoms with van der Waals surface area (Å²) in [6, 6.07) is 72.6. The molecule has 0 saturated heterocycles. The van der Waals surface area contributed by atoms with E-state index in [0.29, 0.717) is 0 Å². The predicted octanol–water partition coefficient (Wildman–Crippen LogP) is 17.0. The number of anilines is 2. The summed E-state index contributed by atoms with van der Waals surface area (Å²) in [6.07, 6.45) is 17.7. The molecule has 0 aliphatic heterocycles. The van der Waals surface area contributed by atoms with Gasteiger partial charge < -0.3 is 4.90 Å². The number of fused-ring (bicyclic) bond motifs is 6. The number of allylic oxidation sites excluding steroid dienone is 9. The zero-order valence-corrected chi connectivity index (χ0v) is 38.1. The lowest BCUT2D eigenvalue weighted by Gasteiger charge is -2.36. The lowest BCUT2D eigenvalue weighted by atomic mass is 9.67. The first-order chi connectivity index (χ1) is 32.4. The third-order valence-electron chi connectivity index (χ3n) is 14.3. The average molecular weight is 848 g/mol. The zero-order valence-electron chi connectivity index (χ0n) is 38.1. The van der Waals surface area contributed by atoms with Crippen LogP contribution in [-0.2, 0) is 10.8 Å². The molecule has 0 N–H and O–H groups in total. The van der Waals surface area contributed by atoms with Crippen molar-refractivity contribution in [3.8, 4) is 44.5 Å². The molecule has 0 spiro atoms. The van der Waals surface area contributed by atoms with Gasteiger partial charge in [-0.15, -0.1) is 0 Å². The predicted molar refractivity (Wildman–Crippen MR) is 279 cm³/mol. The molecule has 2 atom stereocenters. The van der Waals surface area contributed by atoms with Crippen LogP contribution in [0.5, 0.6) is 0 Å². The van der Waals surface area contributed by atoms with E-state index >= 15 is 0 Å². The molecule has 66 heavy (non-hydrogen) atoms. The molecule has 318 valence electrons. The van der Waals surface area contributed by atoms with Gasteiger partial charge in [0.1, 0.15) is 0 Å². The summed E-state index contributed by atoms with van der Waals surface area (Å²) < 4.78 is 0. The van der Waals surface area contributed by atoms with Gasteiger partial charge in [0.15, 0.2) is 0 Å². The van der Waals surface area contributed by atoms with Crippen molar-refractivity contribution in [3.63, 3.8) is 0 Å². The number of benzene rings is 8. The Labute approximate surface area is 390 Å². The molecular weight excluding hydrogens is 795 g/mol. The van der Waals surface area contributed by atoms with Gasteiger partial charge in [0, 0.05) is 28.4 Å². The van der Waals surface area contributed by atoms with E-state index in [4.69, 9.17) is 0 Å². The van der Waals surface area contributed by atoms with Crippen LogP contribution in [0, 0.1) is 5.92 Å². The van der Waals surface area contributed by atoms with E-state index in [1.54, 1.807) is 0 Å². The number of hydrogen-bond donors (Lipinski definition) is 0. The van der Waals surface area contributed by atoms with E-state index in [-0.39, 0.29) is 11.3 Å². The van der Waals surface area contributed by atoms with Gasteiger partial charge in [-0.1, -0.05) is 233 Å². The molecule has 3 aliphatic carbocycles. The summed E-state index contributed by atoms with van der Waals surface area (Å²) in [7, 11) is 0. The van der Waals surface area contributed by atoms with Gasteiger partial charge in [0.25, 0.3) is 0 Å². The minimum atomic E-state index is -0.635. The SMILES string of the molecule is C\C=C/C=C\C(=C1/C=CC=CC1C)N(c1ccc2c(c1)C(C)(C)c1ccccc1-2)c1ccc2c(c1)C(c1ccccc1)(c1ccc(-c3ccccc3)cc1)c1cccc(-c3ccccc3)c1-2. The maximum atomic E-state index is 2.53. The highest BCUT2D eigenvalue weighted by molar-refractivity contribution is 5.97. The van der Waals surface area contributed by atoms with Crippen LogP contribution in [0.3, 0.4) is 0 Å². The van der Waals surface area contributed by atoms with Crippen LogP contribution in [0.25, 0.3) is 44.5 Å². The quantitative estimate of drug-likeness (QED) is 0.131. The van der Waals surface area contributed by atoms with E-state index in [0.717, 1.165) is 17.1 Å². The second-order valence-corrected chi connectivity index (χ2v) is 18.4. The summed E-state index contributed by atoms with van der Waals surface area (Å²) in [5.74, 6) is 0.205. The minimum absolute atomic E-state index is 0.162. The monoisotopic (exact) mass is 847 g/mol. The molecule has 0 radical (unpaired) electrons. The van der Waals surface area contributed by atoms with Gasteiger partial charge in [-0.25, -0.2) is 0 Å². The standard InChI is InChI=1S/C65H53N/c1-5-6-10-34-62(53-29-18-17-22-45(53)2)66(51-39-41-56-55-30-19-20-32-58(55)64(3,4)60(56)43-51)52-40-42-57-61(44-52)65(49-27-15-9-16-28-49,50-37-35-47(36-38-50)46-23-11-7-12-24-46)59-33-21-31-54(63(57)59)48-25-13-8-14-26-48/h5-45H,1-4H3/b6-5-,34-10-,62-53-. The lowest BCUT2D eigenvalue weighted by Crippen LogP contribution is -2.29. The molecule has 2 unspecified atom stereocenters. The molecule has 8 aromatic carbocycles. The molecule has 1 heteroatoms. The first-order valence-corrected chi connectivity index (χ1v) is 23.4. The van der Waals surface area contributed by atoms with E-state index < -0.39 is 5.41 Å². The first-order valence-electron chi connectivity index (χ1n) is 23.4. The Morgan fingerprint density at radius 3 is 1.77 bits per heavy atom. The van der Waals surface area contributed by atoms with Crippen LogP contribution >= 0.6 is 0 Å². The van der Waals surface area contributed by atoms with Crippen LogP contribution in [0.15, 0.2) is 254 Å². The van der Waals surface area contributed by atoms with E-state index in [1.165, 1.54) is 83.5 Å². The maximum Gasteiger partial charge on any atom is 0.0714 e. The molecule has 0 bridgehead atoms. The Morgan fingerprint density at radius 2 is 1.06 bits per heavy atom. The van der Waals surface area contributed by atoms with Crippen molar-refractivity contribution in [1.29, 1.82) is 0 Å². The number of rotatable bonds is 9. The molecule has 11 rings (SSSR count). The van der Waals surface area contributed by atoms with Gasteiger partial charge in [-0.3, -0.25) is 0 Å². The fourth-order valence-corrected chi connectivity index (χ4v) is 11.2. The highest BCUT2D eigenvalue weighted by Crippen LogP contribution is 2.60. The van der Waals surface area contributed by atoms with Crippen LogP contribution < -0.4 is 4.90 Å². The third-order valence-corrected chi connectivity index (χ3v) is 14.3. The Kier molecular flexibility index (Phi) is 10.4. The van der Waals surface area contributed by atoms with Crippen molar-refractivity contribution in [2.24, 2.45) is 5.92 Å². The average Bonchev–Trinajstić information content (AvgIpc) is 3.80. The van der Waals surface area contributed by atoms with Crippen molar-refractivity contribution in [1.82, 2.24) is 0 Å². The summed E-state index contributed by atoms with van der Waals surface area (Å²) in [4.78, 5) is 2.53. The highest BCUT2D eigenvalue weighted by Gasteiger charge is 2.47. The molecule has 1 nitrogen and oxygen atoms in total. The van der Waals surface area contributed by atoms with Crippen molar-refractivity contribution in [2.75, 3.05) is 4.90 Å². The minimum Gasteiger partial charge on any atom is -0.310 e. The molecule has 3 aliphatic rings. The maximum absolute atomic E-state index is 2.53. The van der Waals surface area contributed by atoms with Gasteiger partial charge in [0.05, 0.1) is 5.41 Å². The van der Waals surface area contributed by atoms with Crippen molar-refractivity contribution < 1.29 is 0 Å². The Balaban J connectivity index is 1.22. The Morgan fingerprint density at radius 1 is 0.485 bits per heavy atom. The van der Waals surface area contributed by atoms with Crippen molar-refractivity contribution >= 4 is 11.4 Å². The van der Waals surface area contributed by atoms with E-state index in [2.05, 4.69) is 275 Å². The number of hydrogen-bond acceptors (Lipinski definition) is 1. The normalized spacial score (nSPS) is 18.3. The van der Waals surface area contributed by atoms with Gasteiger partial charge in [0.2, 0.25) is 0 Å². The zero-order chi connectivity index (χ0) is 44.8. The van der Waals surface area contributed by atoms with E-state index in [9.17, 15) is 0 Å². The van der Waals surface area contributed by atoms with Crippen LogP contribution in [0.2, 0.25) is 0 Å². The van der Waals surface area contributed by atoms with Crippen molar-refractivity contribution in [3.05, 3.63) is 287 Å². The molecule has 0 fully saturated rings. The van der Waals surface area contributed by atoms with Crippen LogP contribution in [0.4, 0.5) is 11.4 Å². The topological polar surface area (TPSA) is 3.24 Å². The fraction of sp³-hybridized carbons (Fsp3) is 0.108. The summed E-state index contributed by atoms with van der Waals surface area (Å²) in [5.41, 5.74) is 21.7. The first kappa shape index (κ1) is 41.0. The molecule has 0 heterocycles. The number of nitrogens with zero attached hydrogens (tertiary/aromatic N) is 1. The van der Waals surface area contributed by atoms with Gasteiger partial charge >= 0.3 is 0 Å². The van der Waals surface area contributed by atoms with Gasteiger partial charge in [-0.2, -0.15) is 0 Å². The fourth-order valence-electron chi connectivity index (χ4n) is 11.2. The lowest BCUT2D eigenvalue weighted by molar-refractivity contribution is 0.660.